The highest BCUT2D eigenvalue weighted by Crippen LogP contribution is 2.30. The quantitative estimate of drug-likeness (QED) is 0.116. The number of likely N-dealkylation sites (N-methyl/N-ethyl adjacent to an activating group) is 2. The second-order valence-electron chi connectivity index (χ2n) is 12.3. The molecule has 302 valence electrons. The van der Waals surface area contributed by atoms with Crippen LogP contribution in [0.3, 0.4) is 0 Å². The molecule has 1 aliphatic rings. The van der Waals surface area contributed by atoms with Gasteiger partial charge in [-0.15, -0.1) is 0 Å². The number of nitrogens with one attached hydrogen (secondary N) is 3. The molecule has 0 aliphatic carbocycles. The molecule has 1 heterocycles. The molecule has 8 heteroatoms. The van der Waals surface area contributed by atoms with Crippen LogP contribution in [0.4, 0.5) is 0 Å². The fourth-order valence-electron chi connectivity index (χ4n) is 5.18. The summed E-state index contributed by atoms with van der Waals surface area (Å²) in [6.07, 6.45) is 7.29. The lowest BCUT2D eigenvalue weighted by Crippen LogP contribution is -2.47. The van der Waals surface area contributed by atoms with Crippen LogP contribution in [0.5, 0.6) is 0 Å². The molecule has 0 saturated carbocycles. The van der Waals surface area contributed by atoms with Crippen LogP contribution in [0.2, 0.25) is 0 Å². The first-order valence-corrected chi connectivity index (χ1v) is 21.0. The fraction of sp³-hybridized carbons (Fsp3) is 0.636. The summed E-state index contributed by atoms with van der Waals surface area (Å²) < 4.78 is 0. The van der Waals surface area contributed by atoms with Gasteiger partial charge in [-0.1, -0.05) is 144 Å². The van der Waals surface area contributed by atoms with Gasteiger partial charge in [-0.2, -0.15) is 11.8 Å². The molecule has 52 heavy (non-hydrogen) atoms. The first-order valence-electron chi connectivity index (χ1n) is 19.7. The van der Waals surface area contributed by atoms with Crippen LogP contribution in [-0.2, 0) is 9.59 Å². The maximum atomic E-state index is 12.5. The Kier molecular flexibility index (Phi) is 37.6. The van der Waals surface area contributed by atoms with E-state index in [0.29, 0.717) is 17.4 Å². The van der Waals surface area contributed by atoms with E-state index in [9.17, 15) is 9.59 Å². The van der Waals surface area contributed by atoms with Crippen LogP contribution in [-0.4, -0.2) is 85.5 Å². The standard InChI is InChI=1S/C24H42N4OS.C11H15NO.C3H8.3C2H6/c1-10-12-21(17(4)24(29)26-15-16(2)3)27-18(5)22-13-11-14-28(22)19(6)23(25-8)20(7)30-9;1-9(11(13)12(2)3)10-7-5-4-6-8-10;1-3-2;3*1-2/h20-23,25,27H,2,4-6,10-15H2,1,3,7-9H3,(H,26,29);4-9H,1-3H3;3H2,1-2H3;3*1-2H3. The molecule has 0 spiro atoms. The average molecular weight is 746 g/mol. The van der Waals surface area contributed by atoms with Crippen molar-refractivity contribution in [1.82, 2.24) is 25.8 Å². The summed E-state index contributed by atoms with van der Waals surface area (Å²) in [5.74, 6) is -0.0316. The van der Waals surface area contributed by atoms with Gasteiger partial charge in [0, 0.05) is 49.4 Å². The zero-order valence-electron chi connectivity index (χ0n) is 36.7. The molecule has 1 aromatic carbocycles. The molecule has 0 bridgehead atoms. The van der Waals surface area contributed by atoms with Gasteiger partial charge in [-0.25, -0.2) is 0 Å². The molecule has 1 aliphatic heterocycles. The van der Waals surface area contributed by atoms with Crippen molar-refractivity contribution in [3.63, 3.8) is 0 Å². The highest BCUT2D eigenvalue weighted by Gasteiger charge is 2.33. The lowest BCUT2D eigenvalue weighted by atomic mass is 10.0. The lowest BCUT2D eigenvalue weighted by Gasteiger charge is -2.37. The van der Waals surface area contributed by atoms with E-state index in [0.717, 1.165) is 54.8 Å². The molecular weight excluding hydrogens is 663 g/mol. The van der Waals surface area contributed by atoms with Crippen molar-refractivity contribution in [1.29, 1.82) is 0 Å². The third kappa shape index (κ3) is 22.2. The summed E-state index contributed by atoms with van der Waals surface area (Å²) in [6, 6.07) is 10.1. The van der Waals surface area contributed by atoms with Crippen molar-refractivity contribution in [2.75, 3.05) is 40.5 Å². The van der Waals surface area contributed by atoms with Crippen LogP contribution >= 0.6 is 11.8 Å². The third-order valence-electron chi connectivity index (χ3n) is 7.85. The molecule has 2 rings (SSSR count). The largest absolute Gasteiger partial charge is 0.380 e. The van der Waals surface area contributed by atoms with Gasteiger partial charge in [0.2, 0.25) is 11.8 Å². The van der Waals surface area contributed by atoms with Gasteiger partial charge in [0.25, 0.3) is 0 Å². The molecule has 1 fully saturated rings. The van der Waals surface area contributed by atoms with E-state index in [1.807, 2.05) is 105 Å². The Bertz CT molecular complexity index is 1110. The van der Waals surface area contributed by atoms with Gasteiger partial charge in [0.15, 0.2) is 0 Å². The van der Waals surface area contributed by atoms with Gasteiger partial charge in [-0.3, -0.25) is 9.59 Å². The minimum atomic E-state index is -0.131. The first-order chi connectivity index (χ1) is 24.7. The molecule has 0 aromatic heterocycles. The summed E-state index contributed by atoms with van der Waals surface area (Å²) in [6.45, 7) is 42.5. The van der Waals surface area contributed by atoms with E-state index in [2.05, 4.69) is 81.1 Å². The number of nitrogens with zero attached hydrogens (tertiary/aromatic N) is 2. The number of hydrogen-bond acceptors (Lipinski definition) is 6. The lowest BCUT2D eigenvalue weighted by molar-refractivity contribution is -0.129. The van der Waals surface area contributed by atoms with E-state index in [1.54, 1.807) is 19.0 Å². The van der Waals surface area contributed by atoms with Crippen molar-refractivity contribution in [3.8, 4) is 0 Å². The third-order valence-corrected chi connectivity index (χ3v) is 8.86. The minimum absolute atomic E-state index is 0.0452. The van der Waals surface area contributed by atoms with E-state index in [-0.39, 0.29) is 35.9 Å². The molecule has 3 N–H and O–H groups in total. The smallest absolute Gasteiger partial charge is 0.248 e. The summed E-state index contributed by atoms with van der Waals surface area (Å²) in [5.41, 5.74) is 4.58. The van der Waals surface area contributed by atoms with Crippen LogP contribution in [0, 0.1) is 0 Å². The minimum Gasteiger partial charge on any atom is -0.380 e. The number of amides is 2. The molecule has 2 amide bonds. The molecular formula is C44H83N5O2S. The second-order valence-corrected chi connectivity index (χ2v) is 13.5. The monoisotopic (exact) mass is 746 g/mol. The number of carbonyl (C=O) groups is 2. The number of likely N-dealkylation sites (tertiary alicyclic amines) is 1. The maximum Gasteiger partial charge on any atom is 0.248 e. The topological polar surface area (TPSA) is 76.7 Å². The Morgan fingerprint density at radius 1 is 0.962 bits per heavy atom. The zero-order chi connectivity index (χ0) is 41.4. The normalized spacial score (nSPS) is 14.7. The van der Waals surface area contributed by atoms with Gasteiger partial charge < -0.3 is 25.8 Å². The van der Waals surface area contributed by atoms with Crippen molar-refractivity contribution < 1.29 is 9.59 Å². The van der Waals surface area contributed by atoms with Gasteiger partial charge in [0.05, 0.1) is 24.0 Å². The zero-order valence-corrected chi connectivity index (χ0v) is 37.5. The van der Waals surface area contributed by atoms with Crippen molar-refractivity contribution in [2.24, 2.45) is 0 Å². The highest BCUT2D eigenvalue weighted by molar-refractivity contribution is 7.99. The Morgan fingerprint density at radius 2 is 1.48 bits per heavy atom. The van der Waals surface area contributed by atoms with E-state index >= 15 is 0 Å². The van der Waals surface area contributed by atoms with Gasteiger partial charge >= 0.3 is 0 Å². The predicted molar refractivity (Wildman–Crippen MR) is 236 cm³/mol. The van der Waals surface area contributed by atoms with Gasteiger partial charge in [0.1, 0.15) is 0 Å². The molecule has 1 saturated heterocycles. The molecule has 5 atom stereocenters. The van der Waals surface area contributed by atoms with Crippen LogP contribution in [0.25, 0.3) is 0 Å². The second kappa shape index (κ2) is 35.1. The molecule has 0 radical (unpaired) electrons. The van der Waals surface area contributed by atoms with E-state index in [1.165, 1.54) is 6.42 Å². The molecule has 7 nitrogen and oxygen atoms in total. The average Bonchev–Trinajstić information content (AvgIpc) is 3.67. The number of thioether (sulfide) groups is 1. The number of benzene rings is 1. The molecule has 5 unspecified atom stereocenters. The number of carbonyl (C=O) groups excluding carboxylic acids is 2. The highest BCUT2D eigenvalue weighted by atomic mass is 32.2. The summed E-state index contributed by atoms with van der Waals surface area (Å²) >= 11 is 1.83. The Morgan fingerprint density at radius 3 is 1.90 bits per heavy atom. The number of rotatable bonds is 16. The summed E-state index contributed by atoms with van der Waals surface area (Å²) in [4.78, 5) is 28.1. The summed E-state index contributed by atoms with van der Waals surface area (Å²) in [5, 5.41) is 10.3. The van der Waals surface area contributed by atoms with Crippen LogP contribution in [0.15, 0.2) is 79.2 Å². The Hall–Kier alpha value is -2.97. The van der Waals surface area contributed by atoms with E-state index in [4.69, 9.17) is 0 Å². The number of hydrogen-bond donors (Lipinski definition) is 3. The van der Waals surface area contributed by atoms with E-state index < -0.39 is 0 Å². The SMILES string of the molecule is C=C(C)CNC(=O)C(=C)C(CCC)NC(=C)C1CCCN1C(=C)C(NC)C(C)SC.CC.CC.CC.CC(C(=O)N(C)C)c1ccccc1.CCC. The van der Waals surface area contributed by atoms with Crippen molar-refractivity contribution >= 4 is 23.6 Å². The Labute approximate surface area is 327 Å². The Balaban J connectivity index is -0.000000431. The molecule has 1 aromatic rings. The first kappa shape index (κ1) is 55.8. The summed E-state index contributed by atoms with van der Waals surface area (Å²) in [7, 11) is 5.55. The maximum absolute atomic E-state index is 12.5. The van der Waals surface area contributed by atoms with Crippen molar-refractivity contribution in [2.45, 2.75) is 144 Å². The van der Waals surface area contributed by atoms with Crippen LogP contribution < -0.4 is 16.0 Å². The van der Waals surface area contributed by atoms with Crippen molar-refractivity contribution in [3.05, 3.63) is 84.8 Å². The predicted octanol–water partition coefficient (Wildman–Crippen LogP) is 10.2. The fourth-order valence-corrected chi connectivity index (χ4v) is 5.74. The van der Waals surface area contributed by atoms with Gasteiger partial charge in [-0.05, 0) is 52.0 Å². The van der Waals surface area contributed by atoms with Crippen LogP contribution in [0.1, 0.15) is 127 Å².